The van der Waals surface area contributed by atoms with Crippen LogP contribution in [0.3, 0.4) is 0 Å². The maximum absolute atomic E-state index is 11.8. The molecule has 1 aromatic rings. The first-order valence-electron chi connectivity index (χ1n) is 5.07. The third kappa shape index (κ3) is 2.90. The number of benzene rings is 1. The van der Waals surface area contributed by atoms with Crippen molar-refractivity contribution in [3.63, 3.8) is 0 Å². The van der Waals surface area contributed by atoms with E-state index in [4.69, 9.17) is 9.84 Å². The predicted octanol–water partition coefficient (Wildman–Crippen LogP) is 1.04. The van der Waals surface area contributed by atoms with Crippen LogP contribution in [-0.4, -0.2) is 30.1 Å². The molecule has 0 saturated carbocycles. The van der Waals surface area contributed by atoms with Crippen molar-refractivity contribution < 1.29 is 19.4 Å². The highest BCUT2D eigenvalue weighted by atomic mass is 16.5. The highest BCUT2D eigenvalue weighted by Gasteiger charge is 2.27. The Morgan fingerprint density at radius 3 is 2.44 bits per heavy atom. The molecule has 0 aliphatic carbocycles. The Labute approximate surface area is 93.9 Å². The molecule has 86 valence electrons. The summed E-state index contributed by atoms with van der Waals surface area (Å²) in [6, 6.07) is 8.38. The first-order valence-corrected chi connectivity index (χ1v) is 5.07. The molecule has 4 heteroatoms. The number of aliphatic hydroxyl groups is 1. The maximum atomic E-state index is 11.8. The van der Waals surface area contributed by atoms with Crippen molar-refractivity contribution in [1.29, 1.82) is 0 Å². The van der Waals surface area contributed by atoms with Gasteiger partial charge in [0.15, 0.2) is 5.78 Å². The number of ether oxygens (including phenoxy) is 1. The first-order chi connectivity index (χ1) is 7.70. The number of hydrogen-bond donors (Lipinski definition) is 1. The Morgan fingerprint density at radius 1 is 1.31 bits per heavy atom. The van der Waals surface area contributed by atoms with Crippen LogP contribution in [0.1, 0.15) is 17.3 Å². The molecular formula is C12H14O4. The Balaban J connectivity index is 2.82. The monoisotopic (exact) mass is 222 g/mol. The van der Waals surface area contributed by atoms with Gasteiger partial charge in [0.25, 0.3) is 0 Å². The zero-order chi connectivity index (χ0) is 12.0. The molecule has 16 heavy (non-hydrogen) atoms. The summed E-state index contributed by atoms with van der Waals surface area (Å²) < 4.78 is 4.72. The van der Waals surface area contributed by atoms with Crippen molar-refractivity contribution in [3.8, 4) is 0 Å². The van der Waals surface area contributed by atoms with Crippen LogP contribution in [0.4, 0.5) is 0 Å². The molecule has 1 atom stereocenters. The number of aliphatic hydroxyl groups excluding tert-OH is 1. The molecule has 1 N–H and O–H groups in total. The zero-order valence-electron chi connectivity index (χ0n) is 9.05. The van der Waals surface area contributed by atoms with E-state index in [1.807, 2.05) is 0 Å². The molecule has 0 bridgehead atoms. The molecule has 1 rings (SSSR count). The molecule has 0 aromatic heterocycles. The quantitative estimate of drug-likeness (QED) is 0.459. The number of esters is 1. The molecule has 0 saturated heterocycles. The SMILES string of the molecule is CCOC(=O)C(CO)C(=O)c1ccccc1. The maximum Gasteiger partial charge on any atom is 0.319 e. The summed E-state index contributed by atoms with van der Waals surface area (Å²) in [6.45, 7) is 1.31. The topological polar surface area (TPSA) is 63.6 Å². The summed E-state index contributed by atoms with van der Waals surface area (Å²) in [5.41, 5.74) is 0.398. The first kappa shape index (κ1) is 12.4. The van der Waals surface area contributed by atoms with Crippen LogP contribution in [0.5, 0.6) is 0 Å². The normalized spacial score (nSPS) is 11.9. The fourth-order valence-corrected chi connectivity index (χ4v) is 1.31. The van der Waals surface area contributed by atoms with Gasteiger partial charge in [0.05, 0.1) is 13.2 Å². The molecule has 0 fully saturated rings. The molecule has 0 amide bonds. The van der Waals surface area contributed by atoms with Gasteiger partial charge in [-0.3, -0.25) is 9.59 Å². The number of Topliss-reactive ketones (excluding diaryl/α,β-unsaturated/α-hetero) is 1. The van der Waals surface area contributed by atoms with Crippen LogP contribution in [0.15, 0.2) is 30.3 Å². The Kier molecular flexibility index (Phi) is 4.66. The molecule has 0 heterocycles. The fourth-order valence-electron chi connectivity index (χ4n) is 1.31. The average molecular weight is 222 g/mol. The van der Waals surface area contributed by atoms with Crippen molar-refractivity contribution in [2.24, 2.45) is 5.92 Å². The van der Waals surface area contributed by atoms with E-state index in [0.29, 0.717) is 5.56 Å². The summed E-state index contributed by atoms with van der Waals surface area (Å²) in [7, 11) is 0. The summed E-state index contributed by atoms with van der Waals surface area (Å²) in [6.07, 6.45) is 0. The van der Waals surface area contributed by atoms with Gasteiger partial charge in [-0.2, -0.15) is 0 Å². The van der Waals surface area contributed by atoms with E-state index < -0.39 is 24.3 Å². The van der Waals surface area contributed by atoms with Gasteiger partial charge in [-0.05, 0) is 6.92 Å². The lowest BCUT2D eigenvalue weighted by Gasteiger charge is -2.11. The number of ketones is 1. The minimum absolute atomic E-state index is 0.192. The lowest BCUT2D eigenvalue weighted by atomic mass is 9.98. The van der Waals surface area contributed by atoms with Crippen molar-refractivity contribution in [1.82, 2.24) is 0 Å². The largest absolute Gasteiger partial charge is 0.465 e. The van der Waals surface area contributed by atoms with Gasteiger partial charge in [0.1, 0.15) is 5.92 Å². The number of carbonyl (C=O) groups excluding carboxylic acids is 2. The second-order valence-electron chi connectivity index (χ2n) is 3.22. The number of carbonyl (C=O) groups is 2. The molecule has 1 unspecified atom stereocenters. The van der Waals surface area contributed by atoms with Crippen LogP contribution >= 0.6 is 0 Å². The minimum atomic E-state index is -1.12. The van der Waals surface area contributed by atoms with Gasteiger partial charge in [-0.1, -0.05) is 30.3 Å². The summed E-state index contributed by atoms with van der Waals surface area (Å²) in [4.78, 5) is 23.2. The smallest absolute Gasteiger partial charge is 0.319 e. The van der Waals surface area contributed by atoms with Gasteiger partial charge in [-0.25, -0.2) is 0 Å². The van der Waals surface area contributed by atoms with E-state index in [1.54, 1.807) is 37.3 Å². The van der Waals surface area contributed by atoms with E-state index in [0.717, 1.165) is 0 Å². The summed E-state index contributed by atoms with van der Waals surface area (Å²) in [5.74, 6) is -2.22. The summed E-state index contributed by atoms with van der Waals surface area (Å²) in [5, 5.41) is 9.03. The average Bonchev–Trinajstić information content (AvgIpc) is 2.31. The zero-order valence-corrected chi connectivity index (χ0v) is 9.05. The van der Waals surface area contributed by atoms with Gasteiger partial charge in [-0.15, -0.1) is 0 Å². The second-order valence-corrected chi connectivity index (χ2v) is 3.22. The van der Waals surface area contributed by atoms with Crippen molar-refractivity contribution in [2.45, 2.75) is 6.92 Å². The Bertz CT molecular complexity index is 359. The van der Waals surface area contributed by atoms with Crippen LogP contribution < -0.4 is 0 Å². The lowest BCUT2D eigenvalue weighted by molar-refractivity contribution is -0.147. The van der Waals surface area contributed by atoms with Crippen molar-refractivity contribution >= 4 is 11.8 Å². The third-order valence-electron chi connectivity index (χ3n) is 2.13. The van der Waals surface area contributed by atoms with E-state index in [2.05, 4.69) is 0 Å². The van der Waals surface area contributed by atoms with Crippen LogP contribution in [0.25, 0.3) is 0 Å². The molecule has 0 radical (unpaired) electrons. The number of rotatable bonds is 5. The molecule has 4 nitrogen and oxygen atoms in total. The van der Waals surface area contributed by atoms with Gasteiger partial charge in [0.2, 0.25) is 0 Å². The molecule has 1 aromatic carbocycles. The Hall–Kier alpha value is -1.68. The van der Waals surface area contributed by atoms with E-state index in [-0.39, 0.29) is 6.61 Å². The molecule has 0 aliphatic heterocycles. The molecule has 0 aliphatic rings. The Morgan fingerprint density at radius 2 is 1.94 bits per heavy atom. The van der Waals surface area contributed by atoms with Crippen LogP contribution in [0, 0.1) is 5.92 Å². The van der Waals surface area contributed by atoms with Gasteiger partial charge < -0.3 is 9.84 Å². The van der Waals surface area contributed by atoms with E-state index in [9.17, 15) is 9.59 Å². The lowest BCUT2D eigenvalue weighted by Crippen LogP contribution is -2.29. The molecule has 0 spiro atoms. The minimum Gasteiger partial charge on any atom is -0.465 e. The van der Waals surface area contributed by atoms with Crippen molar-refractivity contribution in [3.05, 3.63) is 35.9 Å². The van der Waals surface area contributed by atoms with Gasteiger partial charge >= 0.3 is 5.97 Å². The number of hydrogen-bond acceptors (Lipinski definition) is 4. The standard InChI is InChI=1S/C12H14O4/c1-2-16-12(15)10(8-13)11(14)9-6-4-3-5-7-9/h3-7,10,13H,2,8H2,1H3. The second kappa shape index (κ2) is 6.02. The van der Waals surface area contributed by atoms with Crippen LogP contribution in [-0.2, 0) is 9.53 Å². The van der Waals surface area contributed by atoms with E-state index >= 15 is 0 Å². The highest BCUT2D eigenvalue weighted by Crippen LogP contribution is 2.10. The third-order valence-corrected chi connectivity index (χ3v) is 2.13. The predicted molar refractivity (Wildman–Crippen MR) is 58.0 cm³/mol. The van der Waals surface area contributed by atoms with Gasteiger partial charge in [0, 0.05) is 5.56 Å². The van der Waals surface area contributed by atoms with Crippen LogP contribution in [0.2, 0.25) is 0 Å². The fraction of sp³-hybridized carbons (Fsp3) is 0.333. The summed E-state index contributed by atoms with van der Waals surface area (Å²) >= 11 is 0. The molecular weight excluding hydrogens is 208 g/mol. The van der Waals surface area contributed by atoms with Crippen molar-refractivity contribution in [2.75, 3.05) is 13.2 Å². The van der Waals surface area contributed by atoms with E-state index in [1.165, 1.54) is 0 Å². The highest BCUT2D eigenvalue weighted by molar-refractivity contribution is 6.08.